The molecule has 0 saturated carbocycles. The highest BCUT2D eigenvalue weighted by atomic mass is 16.5. The largest absolute Gasteiger partial charge is 0.466 e. The molecule has 0 radical (unpaired) electrons. The van der Waals surface area contributed by atoms with Gasteiger partial charge in [0.05, 0.1) is 12.7 Å². The minimum Gasteiger partial charge on any atom is -0.466 e. The zero-order valence-electron chi connectivity index (χ0n) is 11.5. The van der Waals surface area contributed by atoms with Crippen LogP contribution in [0, 0.1) is 0 Å². The second-order valence-corrected chi connectivity index (χ2v) is 4.15. The Hall–Kier alpha value is -2.88. The van der Waals surface area contributed by atoms with Gasteiger partial charge in [0, 0.05) is 11.6 Å². The first kappa shape index (κ1) is 14.5. The van der Waals surface area contributed by atoms with Crippen molar-refractivity contribution in [1.29, 1.82) is 0 Å². The first-order valence-electron chi connectivity index (χ1n) is 6.33. The van der Waals surface area contributed by atoms with E-state index in [1.807, 2.05) is 6.07 Å². The smallest absolute Gasteiger partial charge is 0.343 e. The average Bonchev–Trinajstić information content (AvgIpc) is 2.54. The number of esters is 2. The fourth-order valence-electron chi connectivity index (χ4n) is 1.67. The normalized spacial score (nSPS) is 10.3. The van der Waals surface area contributed by atoms with Crippen molar-refractivity contribution in [3.8, 4) is 5.75 Å². The molecule has 0 heterocycles. The van der Waals surface area contributed by atoms with Crippen LogP contribution in [0.15, 0.2) is 60.7 Å². The van der Waals surface area contributed by atoms with Gasteiger partial charge < -0.3 is 9.47 Å². The molecule has 106 valence electrons. The molecule has 0 bridgehead atoms. The first-order valence-corrected chi connectivity index (χ1v) is 6.33. The van der Waals surface area contributed by atoms with Crippen molar-refractivity contribution >= 4 is 18.0 Å². The standard InChI is InChI=1S/C17H14O4/c1-20-16(18)12-11-13-7-5-6-10-15(13)21-17(19)14-8-3-2-4-9-14/h2-12H,1H3/b12-11+. The Labute approximate surface area is 122 Å². The Balaban J connectivity index is 2.19. The Morgan fingerprint density at radius 3 is 2.33 bits per heavy atom. The molecule has 0 fully saturated rings. The summed E-state index contributed by atoms with van der Waals surface area (Å²) in [5.41, 5.74) is 1.08. The number of ether oxygens (including phenoxy) is 2. The van der Waals surface area contributed by atoms with E-state index < -0.39 is 11.9 Å². The van der Waals surface area contributed by atoms with Gasteiger partial charge in [0.15, 0.2) is 0 Å². The van der Waals surface area contributed by atoms with Crippen LogP contribution in [0.4, 0.5) is 0 Å². The number of carbonyl (C=O) groups excluding carboxylic acids is 2. The predicted molar refractivity (Wildman–Crippen MR) is 78.9 cm³/mol. The van der Waals surface area contributed by atoms with Gasteiger partial charge in [-0.1, -0.05) is 36.4 Å². The van der Waals surface area contributed by atoms with Crippen molar-refractivity contribution in [2.24, 2.45) is 0 Å². The van der Waals surface area contributed by atoms with Gasteiger partial charge in [-0.15, -0.1) is 0 Å². The summed E-state index contributed by atoms with van der Waals surface area (Å²) in [5, 5.41) is 0. The number of carbonyl (C=O) groups is 2. The second kappa shape index (κ2) is 7.05. The summed E-state index contributed by atoms with van der Waals surface area (Å²) in [4.78, 5) is 23.1. The zero-order chi connectivity index (χ0) is 15.1. The SMILES string of the molecule is COC(=O)/C=C/c1ccccc1OC(=O)c1ccccc1. The van der Waals surface area contributed by atoms with E-state index in [0.717, 1.165) is 0 Å². The molecule has 0 aliphatic heterocycles. The lowest BCUT2D eigenvalue weighted by Crippen LogP contribution is -2.08. The highest BCUT2D eigenvalue weighted by molar-refractivity contribution is 5.92. The van der Waals surface area contributed by atoms with Crippen LogP contribution >= 0.6 is 0 Å². The molecule has 0 atom stereocenters. The van der Waals surface area contributed by atoms with Crippen molar-refractivity contribution in [2.75, 3.05) is 7.11 Å². The second-order valence-electron chi connectivity index (χ2n) is 4.15. The van der Waals surface area contributed by atoms with Crippen LogP contribution in [0.1, 0.15) is 15.9 Å². The lowest BCUT2D eigenvalue weighted by Gasteiger charge is -2.07. The number of benzene rings is 2. The summed E-state index contributed by atoms with van der Waals surface area (Å²) < 4.78 is 9.88. The molecule has 4 heteroatoms. The van der Waals surface area contributed by atoms with Gasteiger partial charge in [0.25, 0.3) is 0 Å². The highest BCUT2D eigenvalue weighted by Gasteiger charge is 2.09. The molecule has 0 amide bonds. The van der Waals surface area contributed by atoms with Crippen LogP contribution in [0.5, 0.6) is 5.75 Å². The molecule has 2 aromatic rings. The van der Waals surface area contributed by atoms with Crippen molar-refractivity contribution in [3.05, 3.63) is 71.8 Å². The Morgan fingerprint density at radius 1 is 0.952 bits per heavy atom. The van der Waals surface area contributed by atoms with Crippen molar-refractivity contribution in [2.45, 2.75) is 0 Å². The molecule has 0 N–H and O–H groups in total. The van der Waals surface area contributed by atoms with Crippen LogP contribution in [0.2, 0.25) is 0 Å². The summed E-state index contributed by atoms with van der Waals surface area (Å²) in [6.07, 6.45) is 2.81. The fourth-order valence-corrected chi connectivity index (χ4v) is 1.67. The van der Waals surface area contributed by atoms with Crippen molar-refractivity contribution in [1.82, 2.24) is 0 Å². The first-order chi connectivity index (χ1) is 10.2. The van der Waals surface area contributed by atoms with Crippen molar-refractivity contribution < 1.29 is 19.1 Å². The van der Waals surface area contributed by atoms with E-state index in [0.29, 0.717) is 16.9 Å². The fraction of sp³-hybridized carbons (Fsp3) is 0.0588. The summed E-state index contributed by atoms with van der Waals surface area (Å²) >= 11 is 0. The Morgan fingerprint density at radius 2 is 1.62 bits per heavy atom. The summed E-state index contributed by atoms with van der Waals surface area (Å²) in [6.45, 7) is 0. The zero-order valence-corrected chi connectivity index (χ0v) is 11.5. The third kappa shape index (κ3) is 4.04. The molecule has 0 aromatic heterocycles. The van der Waals surface area contributed by atoms with E-state index in [4.69, 9.17) is 4.74 Å². The van der Waals surface area contributed by atoms with Gasteiger partial charge in [0.1, 0.15) is 5.75 Å². The number of rotatable bonds is 4. The molecule has 4 nitrogen and oxygen atoms in total. The molecule has 21 heavy (non-hydrogen) atoms. The number of hydrogen-bond acceptors (Lipinski definition) is 4. The molecule has 0 spiro atoms. The van der Waals surface area contributed by atoms with Crippen LogP contribution in [-0.2, 0) is 9.53 Å². The lowest BCUT2D eigenvalue weighted by atomic mass is 10.2. The van der Waals surface area contributed by atoms with Gasteiger partial charge in [0.2, 0.25) is 0 Å². The average molecular weight is 282 g/mol. The number of methoxy groups -OCH3 is 1. The van der Waals surface area contributed by atoms with Crippen LogP contribution in [-0.4, -0.2) is 19.0 Å². The van der Waals surface area contributed by atoms with Crippen LogP contribution in [0.25, 0.3) is 6.08 Å². The lowest BCUT2D eigenvalue weighted by molar-refractivity contribution is -0.134. The molecule has 2 rings (SSSR count). The monoisotopic (exact) mass is 282 g/mol. The topological polar surface area (TPSA) is 52.6 Å². The van der Waals surface area contributed by atoms with Crippen LogP contribution < -0.4 is 4.74 Å². The number of para-hydroxylation sites is 1. The van der Waals surface area contributed by atoms with Crippen LogP contribution in [0.3, 0.4) is 0 Å². The quantitative estimate of drug-likeness (QED) is 0.491. The van der Waals surface area contributed by atoms with Gasteiger partial charge in [-0.05, 0) is 24.3 Å². The van der Waals surface area contributed by atoms with E-state index >= 15 is 0 Å². The summed E-state index contributed by atoms with van der Waals surface area (Å²) in [6, 6.07) is 15.7. The predicted octanol–water partition coefficient (Wildman–Crippen LogP) is 3.09. The Kier molecular flexibility index (Phi) is 4.88. The van der Waals surface area contributed by atoms with Gasteiger partial charge in [-0.25, -0.2) is 9.59 Å². The minimum atomic E-state index is -0.473. The molecular weight excluding hydrogens is 268 g/mol. The minimum absolute atomic E-state index is 0.381. The Bertz CT molecular complexity index is 660. The van der Waals surface area contributed by atoms with E-state index in [1.54, 1.807) is 54.6 Å². The summed E-state index contributed by atoms with van der Waals surface area (Å²) in [5.74, 6) is -0.541. The maximum atomic E-state index is 12.0. The van der Waals surface area contributed by atoms with Gasteiger partial charge >= 0.3 is 11.9 Å². The molecule has 0 aliphatic carbocycles. The summed E-state index contributed by atoms with van der Waals surface area (Å²) in [7, 11) is 1.30. The maximum absolute atomic E-state index is 12.0. The maximum Gasteiger partial charge on any atom is 0.343 e. The highest BCUT2D eigenvalue weighted by Crippen LogP contribution is 2.20. The third-order valence-corrected chi connectivity index (χ3v) is 2.73. The molecule has 0 unspecified atom stereocenters. The van der Waals surface area contributed by atoms with Gasteiger partial charge in [-0.2, -0.15) is 0 Å². The number of hydrogen-bond donors (Lipinski definition) is 0. The molecular formula is C17H14O4. The molecule has 0 aliphatic rings. The molecule has 0 saturated heterocycles. The third-order valence-electron chi connectivity index (χ3n) is 2.73. The van der Waals surface area contributed by atoms with E-state index in [2.05, 4.69) is 4.74 Å². The molecule has 2 aromatic carbocycles. The van der Waals surface area contributed by atoms with E-state index in [-0.39, 0.29) is 0 Å². The van der Waals surface area contributed by atoms with Crippen molar-refractivity contribution in [3.63, 3.8) is 0 Å². The van der Waals surface area contributed by atoms with E-state index in [9.17, 15) is 9.59 Å². The van der Waals surface area contributed by atoms with E-state index in [1.165, 1.54) is 13.2 Å². The van der Waals surface area contributed by atoms with Gasteiger partial charge in [-0.3, -0.25) is 0 Å².